The van der Waals surface area contributed by atoms with E-state index in [2.05, 4.69) is 15.5 Å². The summed E-state index contributed by atoms with van der Waals surface area (Å²) in [6.45, 7) is 1.05. The first-order valence-electron chi connectivity index (χ1n) is 3.82. The van der Waals surface area contributed by atoms with Crippen LogP contribution in [0.5, 0.6) is 0 Å². The monoisotopic (exact) mass is 153 g/mol. The zero-order valence-electron chi connectivity index (χ0n) is 6.22. The minimum absolute atomic E-state index is 0.0595. The van der Waals surface area contributed by atoms with Crippen molar-refractivity contribution in [1.82, 2.24) is 10.2 Å². The van der Waals surface area contributed by atoms with Crippen LogP contribution in [0.15, 0.2) is 0 Å². The van der Waals surface area contributed by atoms with Gasteiger partial charge >= 0.3 is 0 Å². The predicted octanol–water partition coefficient (Wildman–Crippen LogP) is 0.260. The van der Waals surface area contributed by atoms with Gasteiger partial charge in [-0.1, -0.05) is 0 Å². The number of H-pyrrole nitrogens is 1. The molecule has 0 atom stereocenters. The zero-order valence-corrected chi connectivity index (χ0v) is 6.22. The van der Waals surface area contributed by atoms with Crippen molar-refractivity contribution in [2.75, 3.05) is 11.9 Å². The first kappa shape index (κ1) is 6.67. The Bertz CT molecular complexity index is 243. The van der Waals surface area contributed by atoms with Crippen LogP contribution in [0.25, 0.3) is 0 Å². The van der Waals surface area contributed by atoms with Crippen LogP contribution in [-0.4, -0.2) is 21.8 Å². The maximum atomic E-state index is 8.88. The van der Waals surface area contributed by atoms with Crippen LogP contribution in [-0.2, 0) is 13.0 Å². The van der Waals surface area contributed by atoms with Crippen molar-refractivity contribution in [2.45, 2.75) is 19.4 Å². The van der Waals surface area contributed by atoms with Gasteiger partial charge in [-0.15, -0.1) is 0 Å². The lowest BCUT2D eigenvalue weighted by atomic mass is 10.1. The van der Waals surface area contributed by atoms with Crippen LogP contribution >= 0.6 is 0 Å². The topological polar surface area (TPSA) is 60.9 Å². The molecule has 0 saturated heterocycles. The molecule has 0 spiro atoms. The Morgan fingerprint density at radius 3 is 3.27 bits per heavy atom. The van der Waals surface area contributed by atoms with Crippen LogP contribution in [0.2, 0.25) is 0 Å². The second kappa shape index (κ2) is 2.54. The highest BCUT2D eigenvalue weighted by Gasteiger charge is 2.14. The van der Waals surface area contributed by atoms with Gasteiger partial charge in [0.1, 0.15) is 0 Å². The maximum Gasteiger partial charge on any atom is 0.151 e. The smallest absolute Gasteiger partial charge is 0.151 e. The van der Waals surface area contributed by atoms with Gasteiger partial charge in [-0.25, -0.2) is 0 Å². The van der Waals surface area contributed by atoms with Crippen LogP contribution in [0.3, 0.4) is 0 Å². The van der Waals surface area contributed by atoms with E-state index in [0.717, 1.165) is 36.5 Å². The second-order valence-corrected chi connectivity index (χ2v) is 2.72. The van der Waals surface area contributed by atoms with Crippen molar-refractivity contribution in [3.63, 3.8) is 0 Å². The van der Waals surface area contributed by atoms with Crippen molar-refractivity contribution >= 4 is 5.82 Å². The van der Waals surface area contributed by atoms with E-state index >= 15 is 0 Å². The zero-order chi connectivity index (χ0) is 7.68. The van der Waals surface area contributed by atoms with Crippen molar-refractivity contribution in [2.24, 2.45) is 0 Å². The Morgan fingerprint density at radius 2 is 2.45 bits per heavy atom. The molecule has 0 amide bonds. The van der Waals surface area contributed by atoms with E-state index in [1.54, 1.807) is 0 Å². The Hall–Kier alpha value is -1.03. The number of aliphatic hydroxyl groups is 1. The molecule has 1 aromatic heterocycles. The van der Waals surface area contributed by atoms with Crippen LogP contribution in [0, 0.1) is 0 Å². The highest BCUT2D eigenvalue weighted by atomic mass is 16.3. The van der Waals surface area contributed by atoms with E-state index in [1.807, 2.05) is 0 Å². The molecule has 4 nitrogen and oxygen atoms in total. The number of aromatic amines is 1. The summed E-state index contributed by atoms with van der Waals surface area (Å²) < 4.78 is 0. The fourth-order valence-corrected chi connectivity index (χ4v) is 1.42. The number of aliphatic hydroxyl groups excluding tert-OH is 1. The predicted molar refractivity (Wildman–Crippen MR) is 41.3 cm³/mol. The molecule has 2 heterocycles. The quantitative estimate of drug-likeness (QED) is 0.542. The molecule has 60 valence electrons. The number of hydrogen-bond acceptors (Lipinski definition) is 3. The van der Waals surface area contributed by atoms with E-state index in [9.17, 15) is 0 Å². The largest absolute Gasteiger partial charge is 0.390 e. The summed E-state index contributed by atoms with van der Waals surface area (Å²) in [7, 11) is 0. The van der Waals surface area contributed by atoms with Crippen molar-refractivity contribution in [1.29, 1.82) is 0 Å². The molecule has 0 bridgehead atoms. The lowest BCUT2D eigenvalue weighted by molar-refractivity contribution is 0.275. The van der Waals surface area contributed by atoms with Crippen molar-refractivity contribution in [3.8, 4) is 0 Å². The molecule has 1 aliphatic heterocycles. The minimum Gasteiger partial charge on any atom is -0.390 e. The van der Waals surface area contributed by atoms with Gasteiger partial charge in [0, 0.05) is 12.1 Å². The molecular weight excluding hydrogens is 142 g/mol. The molecule has 1 aliphatic rings. The Kier molecular flexibility index (Phi) is 1.54. The van der Waals surface area contributed by atoms with Gasteiger partial charge in [0.25, 0.3) is 0 Å². The summed E-state index contributed by atoms with van der Waals surface area (Å²) in [6.07, 6.45) is 2.15. The first-order chi connectivity index (χ1) is 5.42. The minimum atomic E-state index is 0.0595. The molecule has 0 aliphatic carbocycles. The van der Waals surface area contributed by atoms with Crippen LogP contribution in [0.4, 0.5) is 5.82 Å². The first-order valence-corrected chi connectivity index (χ1v) is 3.82. The molecule has 2 rings (SSSR count). The van der Waals surface area contributed by atoms with Gasteiger partial charge in [-0.2, -0.15) is 5.10 Å². The molecule has 0 radical (unpaired) electrons. The molecule has 3 N–H and O–H groups in total. The van der Waals surface area contributed by atoms with Gasteiger partial charge in [0.15, 0.2) is 5.82 Å². The highest BCUT2D eigenvalue weighted by Crippen LogP contribution is 2.21. The summed E-state index contributed by atoms with van der Waals surface area (Å²) in [4.78, 5) is 0. The van der Waals surface area contributed by atoms with Crippen LogP contribution < -0.4 is 5.32 Å². The molecule has 4 heteroatoms. The molecule has 11 heavy (non-hydrogen) atoms. The van der Waals surface area contributed by atoms with E-state index in [0.29, 0.717) is 0 Å². The fourth-order valence-electron chi connectivity index (χ4n) is 1.42. The van der Waals surface area contributed by atoms with Gasteiger partial charge in [0.05, 0.1) is 12.3 Å². The van der Waals surface area contributed by atoms with Crippen molar-refractivity contribution < 1.29 is 5.11 Å². The Morgan fingerprint density at radius 1 is 1.55 bits per heavy atom. The number of nitrogens with zero attached hydrogens (tertiary/aromatic N) is 1. The number of anilines is 1. The van der Waals surface area contributed by atoms with Crippen molar-refractivity contribution in [3.05, 3.63) is 11.3 Å². The van der Waals surface area contributed by atoms with Gasteiger partial charge in [0.2, 0.25) is 0 Å². The fraction of sp³-hybridized carbons (Fsp3) is 0.571. The third-order valence-corrected chi connectivity index (χ3v) is 2.01. The summed E-state index contributed by atoms with van der Waals surface area (Å²) in [5.41, 5.74) is 2.01. The number of hydrogen-bond donors (Lipinski definition) is 3. The van der Waals surface area contributed by atoms with Gasteiger partial charge < -0.3 is 10.4 Å². The molecule has 1 aromatic rings. The van der Waals surface area contributed by atoms with Gasteiger partial charge in [-0.05, 0) is 12.8 Å². The highest BCUT2D eigenvalue weighted by molar-refractivity contribution is 5.48. The van der Waals surface area contributed by atoms with E-state index in [-0.39, 0.29) is 6.61 Å². The average Bonchev–Trinajstić information content (AvgIpc) is 2.47. The summed E-state index contributed by atoms with van der Waals surface area (Å²) in [6, 6.07) is 0. The third kappa shape index (κ3) is 0.991. The lowest BCUT2D eigenvalue weighted by Gasteiger charge is -2.12. The average molecular weight is 153 g/mol. The van der Waals surface area contributed by atoms with E-state index in [4.69, 9.17) is 5.11 Å². The maximum absolute atomic E-state index is 8.88. The lowest BCUT2D eigenvalue weighted by Crippen LogP contribution is -2.11. The molecule has 0 unspecified atom stereocenters. The Labute approximate surface area is 64.6 Å². The summed E-state index contributed by atoms with van der Waals surface area (Å²) in [5, 5.41) is 18.9. The third-order valence-electron chi connectivity index (χ3n) is 2.01. The number of nitrogens with one attached hydrogen (secondary N) is 2. The molecule has 0 aromatic carbocycles. The van der Waals surface area contributed by atoms with E-state index in [1.165, 1.54) is 0 Å². The van der Waals surface area contributed by atoms with E-state index < -0.39 is 0 Å². The Balaban J connectivity index is 2.38. The number of aromatic nitrogens is 2. The standard InChI is InChI=1S/C7H11N3O/c11-4-6-5-2-1-3-8-7(5)10-9-6/h11H,1-4H2,(H2,8,9,10). The normalized spacial score (nSPS) is 15.7. The number of fused-ring (bicyclic) bond motifs is 1. The SMILES string of the molecule is OCc1[nH]nc2c1CCCN2. The molecule has 0 fully saturated rings. The summed E-state index contributed by atoms with van der Waals surface area (Å²) in [5.74, 6) is 0.917. The van der Waals surface area contributed by atoms with Crippen LogP contribution in [0.1, 0.15) is 17.7 Å². The molecule has 0 saturated carbocycles. The number of rotatable bonds is 1. The second-order valence-electron chi connectivity index (χ2n) is 2.72. The van der Waals surface area contributed by atoms with Gasteiger partial charge in [-0.3, -0.25) is 5.10 Å². The molecular formula is C7H11N3O. The summed E-state index contributed by atoms with van der Waals surface area (Å²) >= 11 is 0.